The average molecular weight is 220 g/mol. The van der Waals surface area contributed by atoms with Crippen molar-refractivity contribution < 1.29 is 4.79 Å². The molecule has 1 aliphatic carbocycles. The lowest BCUT2D eigenvalue weighted by Gasteiger charge is -2.29. The molecule has 88 valence electrons. The number of carbonyl (C=O) groups is 1. The standard InChI is InChI=1S/C13H20N2O/c1-3-10-6-4-5-7-11(10)13(16)12-8-14-9-15(12)2/h8-11H,3-7H2,1-2H3. The van der Waals surface area contributed by atoms with Crippen molar-refractivity contribution in [2.45, 2.75) is 39.0 Å². The molecule has 0 bridgehead atoms. The van der Waals surface area contributed by atoms with Crippen molar-refractivity contribution >= 4 is 5.78 Å². The Hall–Kier alpha value is -1.12. The quantitative estimate of drug-likeness (QED) is 0.734. The van der Waals surface area contributed by atoms with Gasteiger partial charge in [0.25, 0.3) is 0 Å². The van der Waals surface area contributed by atoms with Gasteiger partial charge in [-0.15, -0.1) is 0 Å². The first-order valence-electron chi connectivity index (χ1n) is 6.24. The molecule has 0 saturated heterocycles. The molecule has 0 aliphatic heterocycles. The summed E-state index contributed by atoms with van der Waals surface area (Å²) in [7, 11) is 1.89. The van der Waals surface area contributed by atoms with Crippen LogP contribution in [0, 0.1) is 11.8 Å². The highest BCUT2D eigenvalue weighted by Crippen LogP contribution is 2.34. The van der Waals surface area contributed by atoms with Gasteiger partial charge in [-0.1, -0.05) is 26.2 Å². The predicted octanol–water partition coefficient (Wildman–Crippen LogP) is 2.82. The Balaban J connectivity index is 2.17. The first-order valence-corrected chi connectivity index (χ1v) is 6.24. The van der Waals surface area contributed by atoms with E-state index in [-0.39, 0.29) is 5.92 Å². The van der Waals surface area contributed by atoms with Gasteiger partial charge in [0.2, 0.25) is 0 Å². The highest BCUT2D eigenvalue weighted by Gasteiger charge is 2.31. The topological polar surface area (TPSA) is 34.9 Å². The van der Waals surface area contributed by atoms with E-state index in [1.165, 1.54) is 19.3 Å². The smallest absolute Gasteiger partial charge is 0.184 e. The summed E-state index contributed by atoms with van der Waals surface area (Å²) in [5.41, 5.74) is 0.769. The Kier molecular flexibility index (Phi) is 3.42. The van der Waals surface area contributed by atoms with Crippen LogP contribution in [0.4, 0.5) is 0 Å². The highest BCUT2D eigenvalue weighted by molar-refractivity contribution is 5.96. The van der Waals surface area contributed by atoms with Crippen molar-refractivity contribution in [2.75, 3.05) is 0 Å². The van der Waals surface area contributed by atoms with Crippen LogP contribution in [0.25, 0.3) is 0 Å². The zero-order valence-electron chi connectivity index (χ0n) is 10.1. The molecule has 0 amide bonds. The van der Waals surface area contributed by atoms with Gasteiger partial charge in [-0.2, -0.15) is 0 Å². The SMILES string of the molecule is CCC1CCCCC1C(=O)c1cncn1C. The molecular formula is C13H20N2O. The molecule has 3 nitrogen and oxygen atoms in total. The summed E-state index contributed by atoms with van der Waals surface area (Å²) in [6, 6.07) is 0. The fraction of sp³-hybridized carbons (Fsp3) is 0.692. The van der Waals surface area contributed by atoms with E-state index in [4.69, 9.17) is 0 Å². The van der Waals surface area contributed by atoms with Gasteiger partial charge in [0, 0.05) is 13.0 Å². The molecule has 1 fully saturated rings. The first-order chi connectivity index (χ1) is 7.74. The number of hydrogen-bond donors (Lipinski definition) is 0. The van der Waals surface area contributed by atoms with Gasteiger partial charge in [-0.25, -0.2) is 4.98 Å². The number of aromatic nitrogens is 2. The normalized spacial score (nSPS) is 25.6. The van der Waals surface area contributed by atoms with Gasteiger partial charge in [0.15, 0.2) is 5.78 Å². The molecule has 2 unspecified atom stereocenters. The van der Waals surface area contributed by atoms with E-state index in [1.807, 2.05) is 11.6 Å². The van der Waals surface area contributed by atoms with E-state index in [0.29, 0.717) is 11.7 Å². The Morgan fingerprint density at radius 3 is 2.88 bits per heavy atom. The van der Waals surface area contributed by atoms with Crippen molar-refractivity contribution in [3.63, 3.8) is 0 Å². The van der Waals surface area contributed by atoms with Crippen molar-refractivity contribution in [3.05, 3.63) is 18.2 Å². The van der Waals surface area contributed by atoms with E-state index in [2.05, 4.69) is 11.9 Å². The molecule has 2 rings (SSSR count). The minimum Gasteiger partial charge on any atom is -0.331 e. The average Bonchev–Trinajstić information content (AvgIpc) is 2.74. The molecular weight excluding hydrogens is 200 g/mol. The van der Waals surface area contributed by atoms with Gasteiger partial charge in [-0.3, -0.25) is 4.79 Å². The van der Waals surface area contributed by atoms with Crippen LogP contribution in [0.1, 0.15) is 49.5 Å². The molecule has 1 heterocycles. The highest BCUT2D eigenvalue weighted by atomic mass is 16.1. The lowest BCUT2D eigenvalue weighted by molar-refractivity contribution is 0.0811. The molecule has 1 aromatic rings. The maximum atomic E-state index is 12.4. The van der Waals surface area contributed by atoms with E-state index in [1.54, 1.807) is 12.5 Å². The third-order valence-electron chi connectivity index (χ3n) is 3.84. The number of imidazole rings is 1. The van der Waals surface area contributed by atoms with E-state index in [9.17, 15) is 4.79 Å². The molecule has 3 heteroatoms. The van der Waals surface area contributed by atoms with E-state index < -0.39 is 0 Å². The predicted molar refractivity (Wildman–Crippen MR) is 63.3 cm³/mol. The first kappa shape index (κ1) is 11.4. The van der Waals surface area contributed by atoms with Gasteiger partial charge in [0.05, 0.1) is 12.5 Å². The van der Waals surface area contributed by atoms with Gasteiger partial charge >= 0.3 is 0 Å². The molecule has 0 radical (unpaired) electrons. The molecule has 1 aromatic heterocycles. The summed E-state index contributed by atoms with van der Waals surface area (Å²) >= 11 is 0. The van der Waals surface area contributed by atoms with Crippen LogP contribution < -0.4 is 0 Å². The third kappa shape index (κ3) is 2.04. The van der Waals surface area contributed by atoms with Crippen molar-refractivity contribution in [1.82, 2.24) is 9.55 Å². The lowest BCUT2D eigenvalue weighted by Crippen LogP contribution is -2.28. The number of ketones is 1. The monoisotopic (exact) mass is 220 g/mol. The summed E-state index contributed by atoms with van der Waals surface area (Å²) in [5.74, 6) is 1.11. The maximum absolute atomic E-state index is 12.4. The second kappa shape index (κ2) is 4.81. The van der Waals surface area contributed by atoms with Crippen molar-refractivity contribution in [2.24, 2.45) is 18.9 Å². The maximum Gasteiger partial charge on any atom is 0.184 e. The lowest BCUT2D eigenvalue weighted by atomic mass is 9.75. The number of hydrogen-bond acceptors (Lipinski definition) is 2. The molecule has 1 saturated carbocycles. The third-order valence-corrected chi connectivity index (χ3v) is 3.84. The van der Waals surface area contributed by atoms with E-state index >= 15 is 0 Å². The minimum absolute atomic E-state index is 0.231. The van der Waals surface area contributed by atoms with Crippen molar-refractivity contribution in [3.8, 4) is 0 Å². The second-order valence-electron chi connectivity index (χ2n) is 4.81. The summed E-state index contributed by atoms with van der Waals surface area (Å²) in [6.45, 7) is 2.19. The van der Waals surface area contributed by atoms with Crippen LogP contribution >= 0.6 is 0 Å². The Bertz CT molecular complexity index is 370. The zero-order chi connectivity index (χ0) is 11.5. The number of aryl methyl sites for hydroxylation is 1. The van der Waals surface area contributed by atoms with Gasteiger partial charge < -0.3 is 4.57 Å². The fourth-order valence-corrected chi connectivity index (χ4v) is 2.83. The Morgan fingerprint density at radius 2 is 2.25 bits per heavy atom. The van der Waals surface area contributed by atoms with Crippen LogP contribution in [0.2, 0.25) is 0 Å². The molecule has 16 heavy (non-hydrogen) atoms. The van der Waals surface area contributed by atoms with Crippen LogP contribution in [-0.4, -0.2) is 15.3 Å². The molecule has 2 atom stereocenters. The van der Waals surface area contributed by atoms with Gasteiger partial charge in [-0.05, 0) is 18.8 Å². The number of rotatable bonds is 3. The van der Waals surface area contributed by atoms with Crippen molar-refractivity contribution in [1.29, 1.82) is 0 Å². The van der Waals surface area contributed by atoms with Crippen LogP contribution in [-0.2, 0) is 7.05 Å². The summed E-state index contributed by atoms with van der Waals surface area (Å²) in [4.78, 5) is 16.4. The van der Waals surface area contributed by atoms with Crippen LogP contribution in [0.15, 0.2) is 12.5 Å². The second-order valence-corrected chi connectivity index (χ2v) is 4.81. The minimum atomic E-state index is 0.231. The number of carbonyl (C=O) groups excluding carboxylic acids is 1. The molecule has 1 aliphatic rings. The number of nitrogens with zero attached hydrogens (tertiary/aromatic N) is 2. The van der Waals surface area contributed by atoms with E-state index in [0.717, 1.165) is 18.5 Å². The molecule has 0 aromatic carbocycles. The van der Waals surface area contributed by atoms with Crippen LogP contribution in [0.3, 0.4) is 0 Å². The Morgan fingerprint density at radius 1 is 1.50 bits per heavy atom. The molecule has 0 spiro atoms. The van der Waals surface area contributed by atoms with Crippen LogP contribution in [0.5, 0.6) is 0 Å². The number of Topliss-reactive ketones (excluding diaryl/α,β-unsaturated/α-hetero) is 1. The summed E-state index contributed by atoms with van der Waals surface area (Å²) in [5, 5.41) is 0. The fourth-order valence-electron chi connectivity index (χ4n) is 2.83. The zero-order valence-corrected chi connectivity index (χ0v) is 10.1. The Labute approximate surface area is 96.9 Å². The molecule has 0 N–H and O–H groups in total. The summed E-state index contributed by atoms with van der Waals surface area (Å²) in [6.07, 6.45) is 9.28. The largest absolute Gasteiger partial charge is 0.331 e. The van der Waals surface area contributed by atoms with Gasteiger partial charge in [0.1, 0.15) is 5.69 Å². The summed E-state index contributed by atoms with van der Waals surface area (Å²) < 4.78 is 1.84.